The molecule has 0 heterocycles. The second kappa shape index (κ2) is 7.33. The molecule has 3 N–H and O–H groups in total. The summed E-state index contributed by atoms with van der Waals surface area (Å²) < 4.78 is 0.955. The number of hydrogen-bond donors (Lipinski definition) is 2. The molecule has 0 saturated carbocycles. The zero-order chi connectivity index (χ0) is 15.2. The lowest BCUT2D eigenvalue weighted by Gasteiger charge is -2.16. The first-order chi connectivity index (χ1) is 10.1. The Hall–Kier alpha value is -1.72. The Labute approximate surface area is 137 Å². The highest BCUT2D eigenvalue weighted by Crippen LogP contribution is 2.18. The number of halogens is 1. The summed E-state index contributed by atoms with van der Waals surface area (Å²) >= 11 is 8.50. The Morgan fingerprint density at radius 1 is 1.14 bits per heavy atom. The second-order valence-corrected chi connectivity index (χ2v) is 5.88. The molecule has 1 amide bonds. The molecule has 1 atom stereocenters. The standard InChI is InChI=1S/C16H15BrN2OS/c17-13-9-5-4-8-12(13)10-19-16(20)14(15(18)21)11-6-2-1-3-7-11/h1-9,14H,10H2,(H2,18,21)(H,19,20). The zero-order valence-corrected chi connectivity index (χ0v) is 13.7. The van der Waals surface area contributed by atoms with Crippen LogP contribution in [0.25, 0.3) is 0 Å². The molecule has 0 radical (unpaired) electrons. The molecule has 0 spiro atoms. The fourth-order valence-electron chi connectivity index (χ4n) is 2.02. The predicted molar refractivity (Wildman–Crippen MR) is 92.0 cm³/mol. The number of carbonyl (C=O) groups excluding carboxylic acids is 1. The maximum Gasteiger partial charge on any atom is 0.234 e. The number of amides is 1. The van der Waals surface area contributed by atoms with E-state index in [1.54, 1.807) is 0 Å². The van der Waals surface area contributed by atoms with Crippen LogP contribution in [0.3, 0.4) is 0 Å². The predicted octanol–water partition coefficient (Wildman–Crippen LogP) is 3.14. The van der Waals surface area contributed by atoms with Crippen LogP contribution in [0.4, 0.5) is 0 Å². The molecule has 3 nitrogen and oxygen atoms in total. The van der Waals surface area contributed by atoms with Gasteiger partial charge in [0.25, 0.3) is 0 Å². The lowest BCUT2D eigenvalue weighted by atomic mass is 9.98. The molecule has 2 rings (SSSR count). The minimum atomic E-state index is -0.608. The molecule has 0 aromatic heterocycles. The highest BCUT2D eigenvalue weighted by Gasteiger charge is 2.23. The van der Waals surface area contributed by atoms with Crippen molar-refractivity contribution in [1.82, 2.24) is 5.32 Å². The molecule has 2 aromatic carbocycles. The van der Waals surface area contributed by atoms with Crippen molar-refractivity contribution in [1.29, 1.82) is 0 Å². The van der Waals surface area contributed by atoms with Gasteiger partial charge in [0.2, 0.25) is 5.91 Å². The third-order valence-electron chi connectivity index (χ3n) is 3.09. The van der Waals surface area contributed by atoms with E-state index in [2.05, 4.69) is 21.2 Å². The van der Waals surface area contributed by atoms with Gasteiger partial charge in [0.15, 0.2) is 0 Å². The van der Waals surface area contributed by atoms with E-state index >= 15 is 0 Å². The smallest absolute Gasteiger partial charge is 0.234 e. The van der Waals surface area contributed by atoms with Crippen LogP contribution < -0.4 is 11.1 Å². The number of thiocarbonyl (C=S) groups is 1. The molecule has 0 bridgehead atoms. The first kappa shape index (κ1) is 15.7. The molecule has 1 unspecified atom stereocenters. The Kier molecular flexibility index (Phi) is 5.47. The van der Waals surface area contributed by atoms with E-state index in [9.17, 15) is 4.79 Å². The highest BCUT2D eigenvalue weighted by molar-refractivity contribution is 9.10. The highest BCUT2D eigenvalue weighted by atomic mass is 79.9. The SMILES string of the molecule is NC(=S)C(C(=O)NCc1ccccc1Br)c1ccccc1. The topological polar surface area (TPSA) is 55.1 Å². The van der Waals surface area contributed by atoms with Crippen molar-refractivity contribution in [3.8, 4) is 0 Å². The van der Waals surface area contributed by atoms with Gasteiger partial charge in [0, 0.05) is 11.0 Å². The molecule has 0 saturated heterocycles. The van der Waals surface area contributed by atoms with Crippen molar-refractivity contribution in [2.45, 2.75) is 12.5 Å². The maximum atomic E-state index is 12.4. The summed E-state index contributed by atoms with van der Waals surface area (Å²) in [4.78, 5) is 12.5. The van der Waals surface area contributed by atoms with Gasteiger partial charge in [-0.25, -0.2) is 0 Å². The first-order valence-corrected chi connectivity index (χ1v) is 7.65. The average Bonchev–Trinajstić information content (AvgIpc) is 2.47. The summed E-state index contributed by atoms with van der Waals surface area (Å²) in [7, 11) is 0. The van der Waals surface area contributed by atoms with Gasteiger partial charge in [-0.2, -0.15) is 0 Å². The van der Waals surface area contributed by atoms with Crippen LogP contribution in [-0.2, 0) is 11.3 Å². The van der Waals surface area contributed by atoms with Crippen LogP contribution in [0, 0.1) is 0 Å². The van der Waals surface area contributed by atoms with E-state index < -0.39 is 5.92 Å². The summed E-state index contributed by atoms with van der Waals surface area (Å²) in [6.07, 6.45) is 0. The normalized spacial score (nSPS) is 11.7. The molecular weight excluding hydrogens is 348 g/mol. The van der Waals surface area contributed by atoms with E-state index in [1.165, 1.54) is 0 Å². The Morgan fingerprint density at radius 3 is 2.38 bits per heavy atom. The lowest BCUT2D eigenvalue weighted by molar-refractivity contribution is -0.121. The Balaban J connectivity index is 2.10. The molecule has 0 aliphatic carbocycles. The number of nitrogens with two attached hydrogens (primary N) is 1. The van der Waals surface area contributed by atoms with Crippen molar-refractivity contribution in [3.63, 3.8) is 0 Å². The van der Waals surface area contributed by atoms with Crippen LogP contribution in [0.2, 0.25) is 0 Å². The first-order valence-electron chi connectivity index (χ1n) is 6.45. The van der Waals surface area contributed by atoms with E-state index in [4.69, 9.17) is 18.0 Å². The molecule has 0 fully saturated rings. The Bertz CT molecular complexity index is 646. The summed E-state index contributed by atoms with van der Waals surface area (Å²) in [6.45, 7) is 0.423. The molecule has 5 heteroatoms. The number of rotatable bonds is 5. The number of hydrogen-bond acceptors (Lipinski definition) is 2. The molecule has 0 aliphatic rings. The summed E-state index contributed by atoms with van der Waals surface area (Å²) in [5.41, 5.74) is 7.53. The minimum absolute atomic E-state index is 0.172. The van der Waals surface area contributed by atoms with Gasteiger partial charge in [0.05, 0.1) is 4.99 Å². The summed E-state index contributed by atoms with van der Waals surface area (Å²) in [5.74, 6) is -0.798. The Morgan fingerprint density at radius 2 is 1.76 bits per heavy atom. The second-order valence-electron chi connectivity index (χ2n) is 4.56. The van der Waals surface area contributed by atoms with Crippen molar-refractivity contribution >= 4 is 39.0 Å². The molecular formula is C16H15BrN2OS. The molecule has 2 aromatic rings. The fraction of sp³-hybridized carbons (Fsp3) is 0.125. The van der Waals surface area contributed by atoms with Gasteiger partial charge < -0.3 is 11.1 Å². The van der Waals surface area contributed by atoms with E-state index in [-0.39, 0.29) is 10.9 Å². The molecule has 21 heavy (non-hydrogen) atoms. The molecule has 108 valence electrons. The lowest BCUT2D eigenvalue weighted by Crippen LogP contribution is -2.35. The number of benzene rings is 2. The molecule has 0 aliphatic heterocycles. The quantitative estimate of drug-likeness (QED) is 0.803. The van der Waals surface area contributed by atoms with E-state index in [0.717, 1.165) is 15.6 Å². The van der Waals surface area contributed by atoms with Crippen molar-refractivity contribution in [3.05, 3.63) is 70.2 Å². The van der Waals surface area contributed by atoms with Crippen molar-refractivity contribution in [2.75, 3.05) is 0 Å². The van der Waals surface area contributed by atoms with Gasteiger partial charge in [-0.1, -0.05) is 76.7 Å². The van der Waals surface area contributed by atoms with Crippen LogP contribution in [0.1, 0.15) is 17.0 Å². The third kappa shape index (κ3) is 4.12. The monoisotopic (exact) mass is 362 g/mol. The zero-order valence-electron chi connectivity index (χ0n) is 11.3. The van der Waals surface area contributed by atoms with Crippen molar-refractivity contribution in [2.24, 2.45) is 5.73 Å². The van der Waals surface area contributed by atoms with Crippen LogP contribution in [-0.4, -0.2) is 10.9 Å². The van der Waals surface area contributed by atoms with E-state index in [1.807, 2.05) is 54.6 Å². The summed E-state index contributed by atoms with van der Waals surface area (Å²) in [5, 5.41) is 2.88. The maximum absolute atomic E-state index is 12.4. The third-order valence-corrected chi connectivity index (χ3v) is 4.10. The van der Waals surface area contributed by atoms with Gasteiger partial charge >= 0.3 is 0 Å². The van der Waals surface area contributed by atoms with Gasteiger partial charge in [-0.05, 0) is 17.2 Å². The summed E-state index contributed by atoms with van der Waals surface area (Å²) in [6, 6.07) is 17.0. The van der Waals surface area contributed by atoms with Crippen LogP contribution >= 0.6 is 28.1 Å². The van der Waals surface area contributed by atoms with Gasteiger partial charge in [0.1, 0.15) is 5.92 Å². The largest absolute Gasteiger partial charge is 0.392 e. The number of carbonyl (C=O) groups is 1. The van der Waals surface area contributed by atoms with Crippen molar-refractivity contribution < 1.29 is 4.79 Å². The van der Waals surface area contributed by atoms with Crippen LogP contribution in [0.15, 0.2) is 59.1 Å². The van der Waals surface area contributed by atoms with Gasteiger partial charge in [-0.15, -0.1) is 0 Å². The van der Waals surface area contributed by atoms with Gasteiger partial charge in [-0.3, -0.25) is 4.79 Å². The van der Waals surface area contributed by atoms with E-state index in [0.29, 0.717) is 6.54 Å². The minimum Gasteiger partial charge on any atom is -0.392 e. The fourth-order valence-corrected chi connectivity index (χ4v) is 2.68. The van der Waals surface area contributed by atoms with Crippen LogP contribution in [0.5, 0.6) is 0 Å². The number of nitrogens with one attached hydrogen (secondary N) is 1. The average molecular weight is 363 g/mol.